The second-order valence-electron chi connectivity index (χ2n) is 8.33. The first-order chi connectivity index (χ1) is 15.6. The summed E-state index contributed by atoms with van der Waals surface area (Å²) in [5.41, 5.74) is 4.21. The highest BCUT2D eigenvalue weighted by atomic mass is 32.2. The third-order valence-electron chi connectivity index (χ3n) is 6.39. The van der Waals surface area contributed by atoms with Gasteiger partial charge in [0.15, 0.2) is 0 Å². The number of rotatable bonds is 6. The molecule has 1 unspecified atom stereocenters. The van der Waals surface area contributed by atoms with E-state index in [0.29, 0.717) is 18.5 Å². The van der Waals surface area contributed by atoms with E-state index in [0.717, 1.165) is 61.1 Å². The molecular formula is C24H28N4O3S. The number of anilines is 1. The molecule has 2 aliphatic heterocycles. The fraction of sp³-hybridized carbons (Fsp3) is 0.417. The van der Waals surface area contributed by atoms with Gasteiger partial charge in [-0.05, 0) is 66.8 Å². The average Bonchev–Trinajstić information content (AvgIpc) is 2.78. The van der Waals surface area contributed by atoms with E-state index in [2.05, 4.69) is 24.0 Å². The summed E-state index contributed by atoms with van der Waals surface area (Å²) < 4.78 is 13.0. The lowest BCUT2D eigenvalue weighted by Crippen LogP contribution is -2.36. The minimum Gasteiger partial charge on any atom is -0.378 e. The Morgan fingerprint density at radius 3 is 2.66 bits per heavy atom. The molecule has 1 atom stereocenters. The van der Waals surface area contributed by atoms with Crippen LogP contribution in [0.1, 0.15) is 29.5 Å². The molecule has 8 heteroatoms. The normalized spacial score (nSPS) is 18.7. The predicted octanol–water partition coefficient (Wildman–Crippen LogP) is 3.21. The molecule has 2 aliphatic rings. The van der Waals surface area contributed by atoms with E-state index >= 15 is 0 Å². The van der Waals surface area contributed by atoms with Crippen molar-refractivity contribution in [3.63, 3.8) is 0 Å². The molecule has 3 aromatic rings. The second-order valence-corrected chi connectivity index (χ2v) is 9.04. The van der Waals surface area contributed by atoms with Crippen LogP contribution in [0.25, 0.3) is 10.9 Å². The Labute approximate surface area is 191 Å². The van der Waals surface area contributed by atoms with Gasteiger partial charge in [0.25, 0.3) is 5.56 Å². The van der Waals surface area contributed by atoms with Crippen molar-refractivity contribution in [3.05, 3.63) is 63.7 Å². The standard InChI is InChI=1S/C24H28N4O3S/c1-16-14-19(32-25)4-2-17(16)6-8-28-23(22-7-11-31-22)26-21-15-18(3-5-20(21)24(28)29)27-9-12-30-13-10-27/h2-5,14-15,22H,6-13,25H2,1H3. The Morgan fingerprint density at radius 1 is 1.16 bits per heavy atom. The third-order valence-corrected chi connectivity index (χ3v) is 6.91. The summed E-state index contributed by atoms with van der Waals surface area (Å²) in [6.07, 6.45) is 1.53. The SMILES string of the molecule is Cc1cc(SN)ccc1CCn1c(C2CCO2)nc2cc(N3CCOCC3)ccc2c1=O. The summed E-state index contributed by atoms with van der Waals surface area (Å²) in [4.78, 5) is 21.8. The first-order valence-electron chi connectivity index (χ1n) is 11.1. The van der Waals surface area contributed by atoms with Gasteiger partial charge in [0.1, 0.15) is 11.9 Å². The van der Waals surface area contributed by atoms with Crippen molar-refractivity contribution in [1.29, 1.82) is 0 Å². The van der Waals surface area contributed by atoms with Crippen LogP contribution in [-0.2, 0) is 22.4 Å². The van der Waals surface area contributed by atoms with Gasteiger partial charge in [0.05, 0.1) is 30.7 Å². The number of aromatic nitrogens is 2. The lowest BCUT2D eigenvalue weighted by atomic mass is 10.1. The van der Waals surface area contributed by atoms with E-state index in [1.807, 2.05) is 28.8 Å². The van der Waals surface area contributed by atoms with Crippen LogP contribution in [0.15, 0.2) is 46.1 Å². The zero-order valence-electron chi connectivity index (χ0n) is 18.3. The molecule has 32 heavy (non-hydrogen) atoms. The molecule has 0 aliphatic carbocycles. The van der Waals surface area contributed by atoms with Gasteiger partial charge in [0, 0.05) is 36.6 Å². The number of fused-ring (bicyclic) bond motifs is 1. The van der Waals surface area contributed by atoms with Crippen LogP contribution in [0.3, 0.4) is 0 Å². The van der Waals surface area contributed by atoms with Crippen LogP contribution in [0.4, 0.5) is 5.69 Å². The summed E-state index contributed by atoms with van der Waals surface area (Å²) in [5.74, 6) is 0.736. The van der Waals surface area contributed by atoms with Crippen LogP contribution in [0.2, 0.25) is 0 Å². The summed E-state index contributed by atoms with van der Waals surface area (Å²) in [6, 6.07) is 12.2. The van der Waals surface area contributed by atoms with Gasteiger partial charge >= 0.3 is 0 Å². The molecule has 3 heterocycles. The van der Waals surface area contributed by atoms with Gasteiger partial charge in [-0.3, -0.25) is 14.5 Å². The number of morpholine rings is 1. The molecule has 2 N–H and O–H groups in total. The summed E-state index contributed by atoms with van der Waals surface area (Å²) >= 11 is 1.25. The van der Waals surface area contributed by atoms with Crippen LogP contribution >= 0.6 is 11.9 Å². The first kappa shape index (κ1) is 21.5. The van der Waals surface area contributed by atoms with E-state index in [9.17, 15) is 4.79 Å². The Hall–Kier alpha value is -2.39. The fourth-order valence-electron chi connectivity index (χ4n) is 4.40. The number of nitrogens with zero attached hydrogens (tertiary/aromatic N) is 3. The van der Waals surface area contributed by atoms with E-state index in [1.165, 1.54) is 23.1 Å². The lowest BCUT2D eigenvalue weighted by molar-refractivity contribution is -0.0604. The van der Waals surface area contributed by atoms with Crippen LogP contribution in [0, 0.1) is 6.92 Å². The molecule has 1 aromatic heterocycles. The van der Waals surface area contributed by atoms with Gasteiger partial charge in [-0.25, -0.2) is 4.98 Å². The lowest BCUT2D eigenvalue weighted by Gasteiger charge is -2.30. The number of hydrogen-bond donors (Lipinski definition) is 1. The van der Waals surface area contributed by atoms with E-state index in [4.69, 9.17) is 19.6 Å². The second kappa shape index (κ2) is 9.23. The topological polar surface area (TPSA) is 82.6 Å². The van der Waals surface area contributed by atoms with Crippen molar-refractivity contribution in [2.45, 2.75) is 37.3 Å². The first-order valence-corrected chi connectivity index (χ1v) is 12.0. The molecule has 0 radical (unpaired) electrons. The van der Waals surface area contributed by atoms with Gasteiger partial charge in [-0.1, -0.05) is 6.07 Å². The van der Waals surface area contributed by atoms with Crippen molar-refractivity contribution >= 4 is 28.5 Å². The molecule has 0 saturated carbocycles. The fourth-order valence-corrected chi connectivity index (χ4v) is 4.79. The van der Waals surface area contributed by atoms with Crippen molar-refractivity contribution in [3.8, 4) is 0 Å². The van der Waals surface area contributed by atoms with Crippen molar-refractivity contribution in [2.75, 3.05) is 37.8 Å². The Morgan fingerprint density at radius 2 is 1.97 bits per heavy atom. The van der Waals surface area contributed by atoms with Gasteiger partial charge in [-0.2, -0.15) is 0 Å². The monoisotopic (exact) mass is 452 g/mol. The largest absolute Gasteiger partial charge is 0.378 e. The zero-order chi connectivity index (χ0) is 22.1. The van der Waals surface area contributed by atoms with Crippen LogP contribution < -0.4 is 15.6 Å². The Kier molecular flexibility index (Phi) is 6.19. The molecule has 0 spiro atoms. The predicted molar refractivity (Wildman–Crippen MR) is 127 cm³/mol. The summed E-state index contributed by atoms with van der Waals surface area (Å²) in [7, 11) is 0. The minimum atomic E-state index is -0.115. The number of aryl methyl sites for hydroxylation is 2. The molecule has 7 nitrogen and oxygen atoms in total. The molecule has 2 saturated heterocycles. The quantitative estimate of drug-likeness (QED) is 0.575. The molecule has 0 bridgehead atoms. The van der Waals surface area contributed by atoms with Crippen LogP contribution in [-0.4, -0.2) is 42.5 Å². The molecular weight excluding hydrogens is 424 g/mol. The van der Waals surface area contributed by atoms with Crippen molar-refractivity contribution in [2.24, 2.45) is 5.14 Å². The van der Waals surface area contributed by atoms with Crippen molar-refractivity contribution in [1.82, 2.24) is 9.55 Å². The van der Waals surface area contributed by atoms with E-state index in [-0.39, 0.29) is 11.7 Å². The smallest absolute Gasteiger partial charge is 0.261 e. The van der Waals surface area contributed by atoms with E-state index < -0.39 is 0 Å². The summed E-state index contributed by atoms with van der Waals surface area (Å²) in [6.45, 7) is 6.50. The molecule has 168 valence electrons. The number of hydrogen-bond acceptors (Lipinski definition) is 7. The molecule has 5 rings (SSSR count). The molecule has 2 aromatic carbocycles. The zero-order valence-corrected chi connectivity index (χ0v) is 19.1. The number of nitrogens with two attached hydrogens (primary N) is 1. The maximum Gasteiger partial charge on any atom is 0.261 e. The average molecular weight is 453 g/mol. The van der Waals surface area contributed by atoms with Crippen LogP contribution in [0.5, 0.6) is 0 Å². The number of ether oxygens (including phenoxy) is 2. The highest BCUT2D eigenvalue weighted by Crippen LogP contribution is 2.29. The van der Waals surface area contributed by atoms with E-state index in [1.54, 1.807) is 0 Å². The highest BCUT2D eigenvalue weighted by molar-refractivity contribution is 7.97. The minimum absolute atomic E-state index is 0.000754. The van der Waals surface area contributed by atoms with Crippen molar-refractivity contribution < 1.29 is 9.47 Å². The Bertz CT molecular complexity index is 1190. The molecule has 2 fully saturated rings. The maximum absolute atomic E-state index is 13.5. The highest BCUT2D eigenvalue weighted by Gasteiger charge is 2.27. The Balaban J connectivity index is 1.49. The summed E-state index contributed by atoms with van der Waals surface area (Å²) in [5, 5.41) is 6.33. The van der Waals surface area contributed by atoms with Gasteiger partial charge < -0.3 is 14.4 Å². The molecule has 0 amide bonds. The van der Waals surface area contributed by atoms with Gasteiger partial charge in [-0.15, -0.1) is 0 Å². The van der Waals surface area contributed by atoms with Gasteiger partial charge in [0.2, 0.25) is 0 Å². The number of benzene rings is 2. The third kappa shape index (κ3) is 4.15. The maximum atomic E-state index is 13.5.